The Balaban J connectivity index is 2.68. The predicted molar refractivity (Wildman–Crippen MR) is 36.5 cm³/mol. The van der Waals surface area contributed by atoms with E-state index in [1.807, 2.05) is 0 Å². The summed E-state index contributed by atoms with van der Waals surface area (Å²) in [5.41, 5.74) is 0. The summed E-state index contributed by atoms with van der Waals surface area (Å²) < 4.78 is 0. The second-order valence-corrected chi connectivity index (χ2v) is 2.98. The van der Waals surface area contributed by atoms with Crippen molar-refractivity contribution in [3.8, 4) is 0 Å². The molecule has 0 aliphatic carbocycles. The molecule has 1 aliphatic rings. The number of hydrogen-bond acceptors (Lipinski definition) is 2. The van der Waals surface area contributed by atoms with E-state index in [4.69, 9.17) is 7.85 Å². The Morgan fingerprint density at radius 3 is 2.10 bits per heavy atom. The number of amides is 2. The molecular weight excluding hydrogens is 129 g/mol. The molecule has 0 saturated carbocycles. The smallest absolute Gasteiger partial charge is 0.226 e. The van der Waals surface area contributed by atoms with Gasteiger partial charge in [-0.2, -0.15) is 0 Å². The largest absolute Gasteiger partial charge is 0.296 e. The van der Waals surface area contributed by atoms with Crippen LogP contribution in [0.25, 0.3) is 0 Å². The average Bonchev–Trinajstić information content (AvgIpc) is 1.54. The SMILES string of the molecule is [B]C1(C)CC(=O)NC(=O)C1. The van der Waals surface area contributed by atoms with Crippen molar-refractivity contribution in [3.05, 3.63) is 0 Å². The first kappa shape index (κ1) is 7.31. The fourth-order valence-electron chi connectivity index (χ4n) is 1.04. The molecule has 2 radical (unpaired) electrons. The second-order valence-electron chi connectivity index (χ2n) is 2.98. The molecule has 10 heavy (non-hydrogen) atoms. The van der Waals surface area contributed by atoms with Crippen molar-refractivity contribution >= 4 is 19.7 Å². The Kier molecular flexibility index (Phi) is 1.54. The number of hydrogen-bond donors (Lipinski definition) is 1. The van der Waals surface area contributed by atoms with E-state index in [2.05, 4.69) is 5.32 Å². The number of carbonyl (C=O) groups is 2. The van der Waals surface area contributed by atoms with E-state index in [1.165, 1.54) is 0 Å². The van der Waals surface area contributed by atoms with E-state index in [1.54, 1.807) is 6.92 Å². The molecule has 2 amide bonds. The van der Waals surface area contributed by atoms with Crippen molar-refractivity contribution in [1.29, 1.82) is 0 Å². The zero-order valence-corrected chi connectivity index (χ0v) is 5.81. The minimum atomic E-state index is -0.639. The van der Waals surface area contributed by atoms with E-state index in [9.17, 15) is 9.59 Å². The van der Waals surface area contributed by atoms with Gasteiger partial charge < -0.3 is 0 Å². The molecule has 1 heterocycles. The van der Waals surface area contributed by atoms with Crippen LogP contribution < -0.4 is 5.32 Å². The molecule has 0 atom stereocenters. The van der Waals surface area contributed by atoms with Gasteiger partial charge in [-0.3, -0.25) is 14.9 Å². The first-order valence-electron chi connectivity index (χ1n) is 3.11. The second kappa shape index (κ2) is 2.11. The maximum absolute atomic E-state index is 10.7. The van der Waals surface area contributed by atoms with Crippen molar-refractivity contribution in [2.75, 3.05) is 0 Å². The summed E-state index contributed by atoms with van der Waals surface area (Å²) in [6.07, 6.45) is 0.470. The maximum Gasteiger partial charge on any atom is 0.226 e. The van der Waals surface area contributed by atoms with Gasteiger partial charge in [0.25, 0.3) is 0 Å². The molecule has 0 bridgehead atoms. The van der Waals surface area contributed by atoms with E-state index >= 15 is 0 Å². The number of nitrogens with one attached hydrogen (secondary N) is 1. The number of imide groups is 1. The molecular formula is C6H8BNO2. The van der Waals surface area contributed by atoms with Crippen LogP contribution in [-0.2, 0) is 9.59 Å². The van der Waals surface area contributed by atoms with Crippen LogP contribution in [0.4, 0.5) is 0 Å². The third-order valence-corrected chi connectivity index (χ3v) is 1.41. The van der Waals surface area contributed by atoms with Gasteiger partial charge in [0.05, 0.1) is 7.85 Å². The summed E-state index contributed by atoms with van der Waals surface area (Å²) in [5, 5.41) is 1.54. The van der Waals surface area contributed by atoms with Gasteiger partial charge in [-0.05, 0) is 0 Å². The van der Waals surface area contributed by atoms with Crippen molar-refractivity contribution in [2.24, 2.45) is 0 Å². The molecule has 1 aliphatic heterocycles. The molecule has 1 rings (SSSR count). The lowest BCUT2D eigenvalue weighted by Gasteiger charge is -2.27. The lowest BCUT2D eigenvalue weighted by Crippen LogP contribution is -2.40. The van der Waals surface area contributed by atoms with E-state index < -0.39 is 5.31 Å². The molecule has 0 spiro atoms. The van der Waals surface area contributed by atoms with Gasteiger partial charge in [0.15, 0.2) is 0 Å². The van der Waals surface area contributed by atoms with Crippen molar-refractivity contribution in [1.82, 2.24) is 5.32 Å². The van der Waals surface area contributed by atoms with Crippen molar-refractivity contribution in [2.45, 2.75) is 25.1 Å². The summed E-state index contributed by atoms with van der Waals surface area (Å²) in [6, 6.07) is 0. The van der Waals surface area contributed by atoms with Crippen LogP contribution >= 0.6 is 0 Å². The van der Waals surface area contributed by atoms with E-state index in [0.29, 0.717) is 0 Å². The Morgan fingerprint density at radius 1 is 1.40 bits per heavy atom. The van der Waals surface area contributed by atoms with E-state index in [-0.39, 0.29) is 24.7 Å². The zero-order valence-electron chi connectivity index (χ0n) is 5.81. The number of piperidine rings is 1. The summed E-state index contributed by atoms with van der Waals surface area (Å²) in [6.45, 7) is 1.70. The molecule has 3 nitrogen and oxygen atoms in total. The summed E-state index contributed by atoms with van der Waals surface area (Å²) in [7, 11) is 5.58. The molecule has 1 saturated heterocycles. The fourth-order valence-corrected chi connectivity index (χ4v) is 1.04. The monoisotopic (exact) mass is 137 g/mol. The Labute approximate surface area is 60.6 Å². The standard InChI is InChI=1S/C6H8BNO2/c1-6(7)2-4(9)8-5(10)3-6/h2-3H2,1H3,(H,8,9,10). The van der Waals surface area contributed by atoms with Gasteiger partial charge in [0.2, 0.25) is 11.8 Å². The molecule has 1 fully saturated rings. The van der Waals surface area contributed by atoms with Crippen LogP contribution in [0.3, 0.4) is 0 Å². The first-order chi connectivity index (χ1) is 4.49. The van der Waals surface area contributed by atoms with Crippen LogP contribution in [0.2, 0.25) is 5.31 Å². The van der Waals surface area contributed by atoms with E-state index in [0.717, 1.165) is 0 Å². The third kappa shape index (κ3) is 1.59. The molecule has 0 unspecified atom stereocenters. The van der Waals surface area contributed by atoms with Gasteiger partial charge in [0, 0.05) is 12.8 Å². The lowest BCUT2D eigenvalue weighted by molar-refractivity contribution is -0.134. The van der Waals surface area contributed by atoms with Crippen molar-refractivity contribution < 1.29 is 9.59 Å². The normalized spacial score (nSPS) is 24.1. The minimum absolute atomic E-state index is 0.235. The zero-order chi connectivity index (χ0) is 7.78. The minimum Gasteiger partial charge on any atom is -0.296 e. The quantitative estimate of drug-likeness (QED) is 0.370. The highest BCUT2D eigenvalue weighted by Gasteiger charge is 2.30. The number of carbonyl (C=O) groups excluding carboxylic acids is 2. The Morgan fingerprint density at radius 2 is 1.80 bits per heavy atom. The lowest BCUT2D eigenvalue weighted by atomic mass is 9.64. The van der Waals surface area contributed by atoms with Crippen LogP contribution in [-0.4, -0.2) is 19.7 Å². The maximum atomic E-state index is 10.7. The summed E-state index contributed by atoms with van der Waals surface area (Å²) in [4.78, 5) is 21.4. The van der Waals surface area contributed by atoms with Gasteiger partial charge in [-0.1, -0.05) is 12.2 Å². The third-order valence-electron chi connectivity index (χ3n) is 1.41. The van der Waals surface area contributed by atoms with Crippen molar-refractivity contribution in [3.63, 3.8) is 0 Å². The first-order valence-corrected chi connectivity index (χ1v) is 3.11. The van der Waals surface area contributed by atoms with Crippen LogP contribution in [0.15, 0.2) is 0 Å². The van der Waals surface area contributed by atoms with Gasteiger partial charge in [0.1, 0.15) is 0 Å². The number of rotatable bonds is 0. The average molecular weight is 137 g/mol. The van der Waals surface area contributed by atoms with Crippen LogP contribution in [0.5, 0.6) is 0 Å². The van der Waals surface area contributed by atoms with Crippen LogP contribution in [0.1, 0.15) is 19.8 Å². The molecule has 52 valence electrons. The molecule has 1 N–H and O–H groups in total. The van der Waals surface area contributed by atoms with Crippen LogP contribution in [0, 0.1) is 0 Å². The Bertz CT molecular complexity index is 170. The van der Waals surface area contributed by atoms with Gasteiger partial charge in [-0.25, -0.2) is 0 Å². The highest BCUT2D eigenvalue weighted by Crippen LogP contribution is 2.31. The Hall–Kier alpha value is -0.795. The summed E-state index contributed by atoms with van der Waals surface area (Å²) in [5.74, 6) is -0.553. The topological polar surface area (TPSA) is 46.2 Å². The molecule has 0 aromatic carbocycles. The molecule has 4 heteroatoms. The highest BCUT2D eigenvalue weighted by molar-refractivity contribution is 6.20. The molecule has 0 aromatic rings. The van der Waals surface area contributed by atoms with Gasteiger partial charge >= 0.3 is 0 Å². The highest BCUT2D eigenvalue weighted by atomic mass is 16.2. The predicted octanol–water partition coefficient (Wildman–Crippen LogP) is -0.230. The van der Waals surface area contributed by atoms with Gasteiger partial charge in [-0.15, -0.1) is 0 Å². The molecule has 0 aromatic heterocycles. The summed E-state index contributed by atoms with van der Waals surface area (Å²) >= 11 is 0. The fraction of sp³-hybridized carbons (Fsp3) is 0.667.